The first-order valence-electron chi connectivity index (χ1n) is 7.97. The predicted molar refractivity (Wildman–Crippen MR) is 101 cm³/mol. The Balaban J connectivity index is 1.65. The average molecular weight is 368 g/mol. The molecule has 1 amide bonds. The van der Waals surface area contributed by atoms with E-state index in [1.807, 2.05) is 31.2 Å². The summed E-state index contributed by atoms with van der Waals surface area (Å²) in [6.45, 7) is 2.16. The Morgan fingerprint density at radius 1 is 1.23 bits per heavy atom. The van der Waals surface area contributed by atoms with Crippen molar-refractivity contribution < 1.29 is 19.0 Å². The SMILES string of the molecule is COc1cc2c(cc1C=C1SC(=Nc3ccccc3C)NC1=O)OCO2. The van der Waals surface area contributed by atoms with Crippen molar-refractivity contribution in [2.45, 2.75) is 6.92 Å². The van der Waals surface area contributed by atoms with E-state index in [1.54, 1.807) is 25.3 Å². The van der Waals surface area contributed by atoms with Crippen LogP contribution in [0, 0.1) is 6.92 Å². The molecule has 0 saturated carbocycles. The van der Waals surface area contributed by atoms with Gasteiger partial charge in [-0.2, -0.15) is 0 Å². The van der Waals surface area contributed by atoms with Gasteiger partial charge in [0.1, 0.15) is 5.75 Å². The molecule has 4 rings (SSSR count). The van der Waals surface area contributed by atoms with Crippen molar-refractivity contribution in [3.05, 3.63) is 52.4 Å². The minimum absolute atomic E-state index is 0.182. The molecule has 0 atom stereocenters. The number of nitrogens with one attached hydrogen (secondary N) is 1. The highest BCUT2D eigenvalue weighted by atomic mass is 32.2. The normalized spacial score (nSPS) is 18.5. The molecule has 2 aromatic carbocycles. The Kier molecular flexibility index (Phi) is 4.30. The number of fused-ring (bicyclic) bond motifs is 1. The van der Waals surface area contributed by atoms with Gasteiger partial charge in [-0.3, -0.25) is 4.79 Å². The topological polar surface area (TPSA) is 69.2 Å². The minimum atomic E-state index is -0.193. The van der Waals surface area contributed by atoms with Crippen LogP contribution < -0.4 is 19.5 Å². The lowest BCUT2D eigenvalue weighted by Gasteiger charge is -2.06. The van der Waals surface area contributed by atoms with Crippen molar-refractivity contribution >= 4 is 34.6 Å². The third kappa shape index (κ3) is 3.13. The molecule has 0 unspecified atom stereocenters. The fraction of sp³-hybridized carbons (Fsp3) is 0.158. The van der Waals surface area contributed by atoms with Crippen molar-refractivity contribution in [3.63, 3.8) is 0 Å². The molecule has 26 heavy (non-hydrogen) atoms. The molecular weight excluding hydrogens is 352 g/mol. The average Bonchev–Trinajstić information content (AvgIpc) is 3.22. The number of thioether (sulfide) groups is 1. The van der Waals surface area contributed by atoms with Gasteiger partial charge in [0.15, 0.2) is 16.7 Å². The molecule has 6 nitrogen and oxygen atoms in total. The molecule has 1 fully saturated rings. The van der Waals surface area contributed by atoms with E-state index < -0.39 is 0 Å². The van der Waals surface area contributed by atoms with Crippen molar-refractivity contribution in [2.75, 3.05) is 13.9 Å². The number of rotatable bonds is 3. The molecule has 2 heterocycles. The maximum Gasteiger partial charge on any atom is 0.264 e. The number of hydrogen-bond donors (Lipinski definition) is 1. The summed E-state index contributed by atoms with van der Waals surface area (Å²) < 4.78 is 16.2. The first-order chi connectivity index (χ1) is 12.6. The zero-order valence-corrected chi connectivity index (χ0v) is 15.1. The first-order valence-corrected chi connectivity index (χ1v) is 8.78. The van der Waals surface area contributed by atoms with Crippen molar-refractivity contribution in [1.82, 2.24) is 5.32 Å². The quantitative estimate of drug-likeness (QED) is 0.838. The Hall–Kier alpha value is -2.93. The lowest BCUT2D eigenvalue weighted by molar-refractivity contribution is -0.115. The summed E-state index contributed by atoms with van der Waals surface area (Å²) in [6.07, 6.45) is 1.77. The first kappa shape index (κ1) is 16.5. The summed E-state index contributed by atoms with van der Waals surface area (Å²) in [5, 5.41) is 3.35. The molecule has 132 valence electrons. The van der Waals surface area contributed by atoms with E-state index in [4.69, 9.17) is 14.2 Å². The number of para-hydroxylation sites is 1. The van der Waals surface area contributed by atoms with Crippen molar-refractivity contribution in [2.24, 2.45) is 4.99 Å². The number of amidine groups is 1. The third-order valence-electron chi connectivity index (χ3n) is 4.00. The highest BCUT2D eigenvalue weighted by molar-refractivity contribution is 8.18. The third-order valence-corrected chi connectivity index (χ3v) is 4.91. The number of amides is 1. The number of carbonyl (C=O) groups excluding carboxylic acids is 1. The van der Waals surface area contributed by atoms with Gasteiger partial charge >= 0.3 is 0 Å². The second-order valence-electron chi connectivity index (χ2n) is 5.72. The summed E-state index contributed by atoms with van der Waals surface area (Å²) in [5.41, 5.74) is 2.62. The van der Waals surface area contributed by atoms with Gasteiger partial charge in [0.2, 0.25) is 6.79 Å². The van der Waals surface area contributed by atoms with Gasteiger partial charge in [0.05, 0.1) is 17.7 Å². The highest BCUT2D eigenvalue weighted by Gasteiger charge is 2.25. The van der Waals surface area contributed by atoms with E-state index in [2.05, 4.69) is 10.3 Å². The second kappa shape index (κ2) is 6.76. The lowest BCUT2D eigenvalue weighted by atomic mass is 10.1. The summed E-state index contributed by atoms with van der Waals surface area (Å²) >= 11 is 1.29. The molecule has 2 aromatic rings. The predicted octanol–water partition coefficient (Wildman–Crippen LogP) is 3.62. The van der Waals surface area contributed by atoms with E-state index in [1.165, 1.54) is 11.8 Å². The number of hydrogen-bond acceptors (Lipinski definition) is 6. The zero-order chi connectivity index (χ0) is 18.1. The molecule has 2 aliphatic rings. The number of aliphatic imine (C=N–C) groups is 1. The molecule has 7 heteroatoms. The maximum atomic E-state index is 12.3. The van der Waals surface area contributed by atoms with Crippen LogP contribution >= 0.6 is 11.8 Å². The van der Waals surface area contributed by atoms with Gasteiger partial charge < -0.3 is 19.5 Å². The van der Waals surface area contributed by atoms with Crippen LogP contribution in [-0.2, 0) is 4.79 Å². The number of aryl methyl sites for hydroxylation is 1. The van der Waals surface area contributed by atoms with E-state index in [0.717, 1.165) is 16.8 Å². The number of benzene rings is 2. The molecule has 1 N–H and O–H groups in total. The molecular formula is C19H16N2O4S. The molecule has 0 bridgehead atoms. The van der Waals surface area contributed by atoms with Gasteiger partial charge in [-0.1, -0.05) is 18.2 Å². The minimum Gasteiger partial charge on any atom is -0.496 e. The van der Waals surface area contributed by atoms with Gasteiger partial charge in [0, 0.05) is 11.6 Å². The van der Waals surface area contributed by atoms with Gasteiger partial charge in [0.25, 0.3) is 5.91 Å². The van der Waals surface area contributed by atoms with Gasteiger partial charge in [-0.15, -0.1) is 0 Å². The Bertz CT molecular complexity index is 953. The van der Waals surface area contributed by atoms with E-state index >= 15 is 0 Å². The van der Waals surface area contributed by atoms with Gasteiger partial charge in [-0.05, 0) is 42.5 Å². The smallest absolute Gasteiger partial charge is 0.264 e. The van der Waals surface area contributed by atoms with Crippen LogP contribution in [0.2, 0.25) is 0 Å². The van der Waals surface area contributed by atoms with Crippen LogP contribution in [0.15, 0.2) is 46.3 Å². The summed E-state index contributed by atoms with van der Waals surface area (Å²) in [7, 11) is 1.58. The van der Waals surface area contributed by atoms with Crippen LogP contribution in [0.1, 0.15) is 11.1 Å². The Morgan fingerprint density at radius 3 is 2.77 bits per heavy atom. The highest BCUT2D eigenvalue weighted by Crippen LogP contribution is 2.40. The standard InChI is InChI=1S/C19H16N2O4S/c1-11-5-3-4-6-13(11)20-19-21-18(22)17(26-19)8-12-7-15-16(25-10-24-15)9-14(12)23-2/h3-9H,10H2,1-2H3,(H,20,21,22). The Morgan fingerprint density at radius 2 is 2.00 bits per heavy atom. The fourth-order valence-corrected chi connectivity index (χ4v) is 3.47. The van der Waals surface area contributed by atoms with Crippen molar-refractivity contribution in [3.8, 4) is 17.2 Å². The Labute approximate surface area is 154 Å². The lowest BCUT2D eigenvalue weighted by Crippen LogP contribution is -2.19. The molecule has 0 aliphatic carbocycles. The summed E-state index contributed by atoms with van der Waals surface area (Å²) in [4.78, 5) is 17.4. The molecule has 0 aromatic heterocycles. The number of nitrogens with zero attached hydrogens (tertiary/aromatic N) is 1. The summed E-state index contributed by atoms with van der Waals surface area (Å²) in [5.74, 6) is 1.69. The molecule has 0 radical (unpaired) electrons. The zero-order valence-electron chi connectivity index (χ0n) is 14.2. The van der Waals surface area contributed by atoms with Crippen molar-refractivity contribution in [1.29, 1.82) is 0 Å². The van der Waals surface area contributed by atoms with Crippen LogP contribution in [-0.4, -0.2) is 25.0 Å². The van der Waals surface area contributed by atoms with Crippen LogP contribution in [0.3, 0.4) is 0 Å². The maximum absolute atomic E-state index is 12.3. The second-order valence-corrected chi connectivity index (χ2v) is 6.75. The largest absolute Gasteiger partial charge is 0.496 e. The monoisotopic (exact) mass is 368 g/mol. The van der Waals surface area contributed by atoms with E-state index in [0.29, 0.717) is 27.3 Å². The molecule has 0 spiro atoms. The van der Waals surface area contributed by atoms with E-state index in [-0.39, 0.29) is 12.7 Å². The number of carbonyl (C=O) groups is 1. The fourth-order valence-electron chi connectivity index (χ4n) is 2.65. The van der Waals surface area contributed by atoms with Gasteiger partial charge in [-0.25, -0.2) is 4.99 Å². The van der Waals surface area contributed by atoms with Crippen LogP contribution in [0.4, 0.5) is 5.69 Å². The molecule has 2 aliphatic heterocycles. The summed E-state index contributed by atoms with van der Waals surface area (Å²) in [6, 6.07) is 11.3. The van der Waals surface area contributed by atoms with Crippen LogP contribution in [0.5, 0.6) is 17.2 Å². The number of methoxy groups -OCH3 is 1. The molecule has 1 saturated heterocycles. The van der Waals surface area contributed by atoms with E-state index in [9.17, 15) is 4.79 Å². The van der Waals surface area contributed by atoms with Crippen LogP contribution in [0.25, 0.3) is 6.08 Å². The number of ether oxygens (including phenoxy) is 3.